The summed E-state index contributed by atoms with van der Waals surface area (Å²) in [7, 11) is 2.47. The monoisotopic (exact) mass is 693 g/mol. The van der Waals surface area contributed by atoms with Gasteiger partial charge in [-0.1, -0.05) is 0 Å². The molecule has 2 N–H and O–H groups in total. The third-order valence-electron chi connectivity index (χ3n) is 6.93. The fraction of sp³-hybridized carbons (Fsp3) is 0.345. The summed E-state index contributed by atoms with van der Waals surface area (Å²) in [5, 5.41) is 4.29. The number of ether oxygens (including phenoxy) is 3. The smallest absolute Gasteiger partial charge is 0.348 e. The van der Waals surface area contributed by atoms with Crippen LogP contribution in [0, 0.1) is 0 Å². The molecule has 18 nitrogen and oxygen atoms in total. The van der Waals surface area contributed by atoms with Crippen molar-refractivity contribution in [2.45, 2.75) is 0 Å². The summed E-state index contributed by atoms with van der Waals surface area (Å²) < 4.78 is 38.1. The molecule has 0 aromatic heterocycles. The van der Waals surface area contributed by atoms with Crippen LogP contribution < -0.4 is 24.8 Å². The van der Waals surface area contributed by atoms with Crippen molar-refractivity contribution in [3.05, 3.63) is 53.1 Å². The number of carbonyl (C=O) groups excluding carboxylic acids is 6. The van der Waals surface area contributed by atoms with Gasteiger partial charge in [0.2, 0.25) is 9.42 Å². The van der Waals surface area contributed by atoms with Gasteiger partial charge in [-0.05, 0) is 21.1 Å². The van der Waals surface area contributed by atoms with Crippen molar-refractivity contribution in [1.29, 1.82) is 0 Å². The molecule has 1 aromatic carbocycles. The van der Waals surface area contributed by atoms with Crippen LogP contribution in [0.4, 0.5) is 0 Å². The van der Waals surface area contributed by atoms with Crippen LogP contribution in [0.2, 0.25) is 0 Å². The number of carbonyl (C=O) groups is 6. The van der Waals surface area contributed by atoms with Gasteiger partial charge in [0.25, 0.3) is 17.0 Å². The lowest BCUT2D eigenvalue weighted by molar-refractivity contribution is -0.141. The molecule has 19 heteroatoms. The molecule has 3 aliphatic heterocycles. The molecule has 0 radical (unpaired) electrons. The predicted octanol–water partition coefficient (Wildman–Crippen LogP) is 0.111. The number of benzene rings is 1. The van der Waals surface area contributed by atoms with Crippen molar-refractivity contribution < 1.29 is 59.7 Å². The lowest BCUT2D eigenvalue weighted by atomic mass is 10.1. The van der Waals surface area contributed by atoms with Gasteiger partial charge in [0.15, 0.2) is 11.5 Å². The van der Waals surface area contributed by atoms with E-state index in [1.54, 1.807) is 0 Å². The van der Waals surface area contributed by atoms with Crippen LogP contribution in [-0.2, 0) is 40.7 Å². The molecule has 4 rings (SSSR count). The van der Waals surface area contributed by atoms with E-state index in [2.05, 4.69) is 15.6 Å². The number of likely N-dealkylation sites (N-methyl/N-ethyl adjacent to an activating group) is 2. The summed E-state index contributed by atoms with van der Waals surface area (Å²) in [4.78, 5) is 87.9. The van der Waals surface area contributed by atoms with E-state index < -0.39 is 56.0 Å². The van der Waals surface area contributed by atoms with Crippen LogP contribution in [0.5, 0.6) is 17.2 Å². The minimum atomic E-state index is -7.11. The molecular weight excluding hydrogens is 658 g/mol. The summed E-state index contributed by atoms with van der Waals surface area (Å²) in [5.41, 5.74) is -0.954. The standard InChI is InChI=1S/C29H35N5O13S/c1-33(2)13-14-34(3)12-11-30-28(40)19-17-48(44-23(35)7-8-24(36)45-48,46-25(37)9-10-26(38)47-48)29(31-19)32-27(39)18-15-21(42-5)22(43-6)16-20(18)41-4/h7-10,15-17H,11-14H2,1-6H3,(H,30,40)(H,31,32,39). The summed E-state index contributed by atoms with van der Waals surface area (Å²) >= 11 is 0. The minimum absolute atomic E-state index is 0.0686. The van der Waals surface area contributed by atoms with Gasteiger partial charge in [-0.25, -0.2) is 24.2 Å². The first-order valence-electron chi connectivity index (χ1n) is 14.1. The Kier molecular flexibility index (Phi) is 9.61. The largest absolute Gasteiger partial charge is 0.496 e. The Labute approximate surface area is 274 Å². The van der Waals surface area contributed by atoms with E-state index in [0.29, 0.717) is 42.8 Å². The van der Waals surface area contributed by atoms with E-state index in [1.807, 2.05) is 30.9 Å². The third-order valence-corrected chi connectivity index (χ3v) is 10.9. The van der Waals surface area contributed by atoms with Gasteiger partial charge >= 0.3 is 23.9 Å². The molecule has 1 aromatic rings. The predicted molar refractivity (Wildman–Crippen MR) is 168 cm³/mol. The first-order valence-corrected chi connectivity index (χ1v) is 16.3. The maximum absolute atomic E-state index is 14.0. The highest BCUT2D eigenvalue weighted by molar-refractivity contribution is 8.64. The molecule has 48 heavy (non-hydrogen) atoms. The molecule has 3 aliphatic rings. The Morgan fingerprint density at radius 2 is 1.23 bits per heavy atom. The highest BCUT2D eigenvalue weighted by Crippen LogP contribution is 2.96. The molecule has 0 saturated carbocycles. The number of aliphatic imine (C=N–C) groups is 1. The van der Waals surface area contributed by atoms with Crippen molar-refractivity contribution in [2.75, 3.05) is 68.7 Å². The molecule has 3 heterocycles. The summed E-state index contributed by atoms with van der Waals surface area (Å²) in [5.74, 6) is -7.57. The Balaban J connectivity index is 1.87. The van der Waals surface area contributed by atoms with Crippen LogP contribution in [0.15, 0.2) is 52.5 Å². The lowest BCUT2D eigenvalue weighted by Crippen LogP contribution is -2.56. The maximum atomic E-state index is 14.0. The highest BCUT2D eigenvalue weighted by Gasteiger charge is 2.80. The van der Waals surface area contributed by atoms with Gasteiger partial charge in [-0.15, -0.1) is 0 Å². The van der Waals surface area contributed by atoms with Crippen LogP contribution in [0.1, 0.15) is 10.4 Å². The topological polar surface area (TPSA) is 210 Å². The van der Waals surface area contributed by atoms with Gasteiger partial charge in [0, 0.05) is 62.6 Å². The molecule has 0 fully saturated rings. The minimum Gasteiger partial charge on any atom is -0.496 e. The summed E-state index contributed by atoms with van der Waals surface area (Å²) in [6.45, 7) is 1.87. The number of hydrogen-bond donors (Lipinski definition) is 2. The SMILES string of the molecule is COc1cc(OC)c(C(=O)NC2=NC(C(=O)NCCN(C)CCN(C)C)=CS234(OC(=O)C=CC(=O)O3)OC(=O)C=CC(=O)O4)cc1OC. The molecule has 1 spiro atoms. The van der Waals surface area contributed by atoms with Crippen LogP contribution in [0.25, 0.3) is 0 Å². The van der Waals surface area contributed by atoms with Gasteiger partial charge in [-0.2, -0.15) is 0 Å². The summed E-state index contributed by atoms with van der Waals surface area (Å²) in [6, 6.07) is 2.54. The first kappa shape index (κ1) is 35.5. The van der Waals surface area contributed by atoms with Crippen LogP contribution >= 0.6 is 9.42 Å². The van der Waals surface area contributed by atoms with E-state index in [1.165, 1.54) is 33.5 Å². The molecule has 0 bridgehead atoms. The number of hydrogen-bond acceptors (Lipinski definition) is 16. The molecule has 2 amide bonds. The molecule has 0 atom stereocenters. The van der Waals surface area contributed by atoms with Crippen molar-refractivity contribution >= 4 is 50.3 Å². The number of nitrogens with zero attached hydrogens (tertiary/aromatic N) is 3. The average Bonchev–Trinajstić information content (AvgIpc) is 3.15. The Bertz CT molecular complexity index is 1620. The molecule has 260 valence electrons. The average molecular weight is 694 g/mol. The second-order valence-electron chi connectivity index (χ2n) is 10.7. The zero-order valence-corrected chi connectivity index (χ0v) is 27.7. The van der Waals surface area contributed by atoms with Gasteiger partial charge in [-0.3, -0.25) is 14.9 Å². The van der Waals surface area contributed by atoms with Gasteiger partial charge in [0.05, 0.1) is 26.9 Å². The van der Waals surface area contributed by atoms with E-state index in [-0.39, 0.29) is 29.4 Å². The molecule has 0 unspecified atom stereocenters. The van der Waals surface area contributed by atoms with Crippen molar-refractivity contribution in [1.82, 2.24) is 20.4 Å². The second kappa shape index (κ2) is 13.0. The van der Waals surface area contributed by atoms with Crippen LogP contribution in [0.3, 0.4) is 0 Å². The summed E-state index contributed by atoms with van der Waals surface area (Å²) in [6.07, 6.45) is 2.40. The molecular formula is C29H35N5O13S. The van der Waals surface area contributed by atoms with E-state index in [9.17, 15) is 28.8 Å². The number of nitrogens with one attached hydrogen (secondary N) is 2. The number of amides is 2. The van der Waals surface area contributed by atoms with Crippen molar-refractivity contribution in [2.24, 2.45) is 4.99 Å². The normalized spacial score (nSPS) is 20.0. The first-order chi connectivity index (χ1) is 22.6. The molecule has 0 aliphatic carbocycles. The van der Waals surface area contributed by atoms with E-state index >= 15 is 0 Å². The van der Waals surface area contributed by atoms with E-state index in [4.69, 9.17) is 30.9 Å². The Morgan fingerprint density at radius 3 is 1.71 bits per heavy atom. The van der Waals surface area contributed by atoms with Crippen LogP contribution in [-0.4, -0.2) is 119 Å². The number of amidine groups is 1. The third kappa shape index (κ3) is 6.55. The maximum Gasteiger partial charge on any atom is 0.348 e. The Hall–Kier alpha value is -5.40. The van der Waals surface area contributed by atoms with Crippen molar-refractivity contribution in [3.63, 3.8) is 0 Å². The van der Waals surface area contributed by atoms with Gasteiger partial charge < -0.3 is 46.1 Å². The zero-order valence-electron chi connectivity index (χ0n) is 26.9. The van der Waals surface area contributed by atoms with Gasteiger partial charge in [0.1, 0.15) is 16.9 Å². The Morgan fingerprint density at radius 1 is 0.729 bits per heavy atom. The lowest BCUT2D eigenvalue weighted by Gasteiger charge is -2.66. The molecule has 0 saturated heterocycles. The van der Waals surface area contributed by atoms with Crippen molar-refractivity contribution in [3.8, 4) is 17.2 Å². The fourth-order valence-corrected chi connectivity index (χ4v) is 8.39. The fourth-order valence-electron chi connectivity index (χ4n) is 4.58. The zero-order chi connectivity index (χ0) is 35.3. The quantitative estimate of drug-likeness (QED) is 0.315. The second-order valence-corrected chi connectivity index (χ2v) is 14.4. The number of rotatable bonds is 11. The van der Waals surface area contributed by atoms with E-state index in [0.717, 1.165) is 6.54 Å². The highest BCUT2D eigenvalue weighted by atomic mass is 32.4. The number of methoxy groups -OCH3 is 3.